The molecule has 0 saturated heterocycles. The van der Waals surface area contributed by atoms with Gasteiger partial charge in [-0.25, -0.2) is 9.24 Å². The maximum atomic E-state index is 13.9. The van der Waals surface area contributed by atoms with Crippen LogP contribution in [0.4, 0.5) is 5.69 Å². The molecule has 0 aliphatic rings. The third kappa shape index (κ3) is 8.90. The number of para-hydroxylation sites is 1. The van der Waals surface area contributed by atoms with E-state index in [2.05, 4.69) is 5.09 Å². The smallest absolute Gasteiger partial charge is 0.419 e. The molecule has 0 fully saturated rings. The summed E-state index contributed by atoms with van der Waals surface area (Å²) in [5, 5.41) is 3.05. The van der Waals surface area contributed by atoms with Crippen LogP contribution in [-0.2, 0) is 27.1 Å². The molecule has 1 atom stereocenters. The maximum absolute atomic E-state index is 13.9. The molecule has 35 heavy (non-hydrogen) atoms. The van der Waals surface area contributed by atoms with E-state index in [0.717, 1.165) is 11.1 Å². The lowest BCUT2D eigenvalue weighted by Gasteiger charge is -2.31. The number of ether oxygens (including phenoxy) is 1. The van der Waals surface area contributed by atoms with Crippen molar-refractivity contribution in [3.8, 4) is 5.75 Å². The highest BCUT2D eigenvalue weighted by molar-refractivity contribution is 7.58. The van der Waals surface area contributed by atoms with Crippen molar-refractivity contribution in [2.45, 2.75) is 19.4 Å². The number of esters is 1. The van der Waals surface area contributed by atoms with E-state index in [1.807, 2.05) is 72.8 Å². The average molecular weight is 535 g/mol. The first-order valence-corrected chi connectivity index (χ1v) is 14.0. The molecule has 3 aromatic rings. The van der Waals surface area contributed by atoms with Crippen LogP contribution >= 0.6 is 30.9 Å². The van der Waals surface area contributed by atoms with E-state index in [9.17, 15) is 9.36 Å². The average Bonchev–Trinajstić information content (AvgIpc) is 2.88. The predicted molar refractivity (Wildman–Crippen MR) is 142 cm³/mol. The van der Waals surface area contributed by atoms with Gasteiger partial charge in [0.25, 0.3) is 0 Å². The van der Waals surface area contributed by atoms with E-state index in [1.165, 1.54) is 0 Å². The highest BCUT2D eigenvalue weighted by atomic mass is 35.5. The summed E-state index contributed by atoms with van der Waals surface area (Å²) < 4.78 is 26.8. The van der Waals surface area contributed by atoms with E-state index < -0.39 is 7.67 Å². The van der Waals surface area contributed by atoms with Crippen LogP contribution in [0.3, 0.4) is 0 Å². The maximum Gasteiger partial charge on any atom is 0.419 e. The molecule has 0 aliphatic heterocycles. The predicted octanol–water partition coefficient (Wildman–Crippen LogP) is 6.74. The number of carbonyl (C=O) groups excluding carboxylic acids is 1. The zero-order valence-corrected chi connectivity index (χ0v) is 21.7. The van der Waals surface area contributed by atoms with Crippen molar-refractivity contribution in [2.24, 2.45) is 0 Å². The summed E-state index contributed by atoms with van der Waals surface area (Å²) in [5.74, 6) is 0.776. The van der Waals surface area contributed by atoms with Gasteiger partial charge in [0.1, 0.15) is 12.4 Å². The van der Waals surface area contributed by atoms with Gasteiger partial charge in [-0.05, 0) is 41.8 Å². The van der Waals surface area contributed by atoms with Gasteiger partial charge >= 0.3 is 13.6 Å². The molecular weight excluding hydrogens is 506 g/mol. The second kappa shape index (κ2) is 14.2. The molecule has 6 nitrogen and oxygen atoms in total. The fourth-order valence-electron chi connectivity index (χ4n) is 3.31. The quantitative estimate of drug-likeness (QED) is 0.140. The molecule has 0 aromatic heterocycles. The van der Waals surface area contributed by atoms with Crippen molar-refractivity contribution in [2.75, 3.05) is 29.9 Å². The summed E-state index contributed by atoms with van der Waals surface area (Å²) in [5.41, 5.74) is 2.54. The molecule has 0 heterocycles. The molecule has 9 heteroatoms. The Hall–Kier alpha value is -2.50. The Bertz CT molecular complexity index is 1080. The van der Waals surface area contributed by atoms with E-state index >= 15 is 0 Å². The van der Waals surface area contributed by atoms with Gasteiger partial charge in [-0.1, -0.05) is 60.7 Å². The lowest BCUT2D eigenvalue weighted by Crippen LogP contribution is -2.30. The molecule has 0 bridgehead atoms. The number of aryl methyl sites for hydroxylation is 1. The lowest BCUT2D eigenvalue weighted by atomic mass is 10.1. The Morgan fingerprint density at radius 1 is 0.829 bits per heavy atom. The minimum atomic E-state index is -3.55. The Labute approximate surface area is 216 Å². The summed E-state index contributed by atoms with van der Waals surface area (Å²) in [6.45, 7) is 0.948. The molecule has 3 aromatic carbocycles. The highest BCUT2D eigenvalue weighted by Gasteiger charge is 2.33. The van der Waals surface area contributed by atoms with Crippen LogP contribution in [0.2, 0.25) is 0 Å². The van der Waals surface area contributed by atoms with Crippen LogP contribution < -0.4 is 9.61 Å². The Kier molecular flexibility index (Phi) is 11.0. The molecule has 0 spiro atoms. The third-order valence-corrected chi connectivity index (χ3v) is 7.60. The van der Waals surface area contributed by atoms with Crippen molar-refractivity contribution in [3.63, 3.8) is 0 Å². The highest BCUT2D eigenvalue weighted by Crippen LogP contribution is 2.50. The number of benzene rings is 3. The molecule has 0 radical (unpaired) electrons. The van der Waals surface area contributed by atoms with E-state index in [-0.39, 0.29) is 30.8 Å². The van der Waals surface area contributed by atoms with Crippen LogP contribution in [0.5, 0.6) is 5.75 Å². The number of nitrogens with zero attached hydrogens (tertiary/aromatic N) is 1. The number of halogens is 2. The van der Waals surface area contributed by atoms with Crippen LogP contribution in [0.1, 0.15) is 17.5 Å². The van der Waals surface area contributed by atoms with Gasteiger partial charge in [0, 0.05) is 37.0 Å². The van der Waals surface area contributed by atoms with Crippen LogP contribution in [0.25, 0.3) is 0 Å². The number of hydrogen-bond donors (Lipinski definition) is 1. The fraction of sp³-hybridized carbons (Fsp3) is 0.269. The molecule has 3 rings (SSSR count). The molecule has 186 valence electrons. The number of nitrogens with one attached hydrogen (secondary N) is 1. The Morgan fingerprint density at radius 2 is 1.43 bits per heavy atom. The zero-order chi connectivity index (χ0) is 24.9. The Balaban J connectivity index is 1.61. The molecule has 1 N–H and O–H groups in total. The second-order valence-electron chi connectivity index (χ2n) is 7.71. The monoisotopic (exact) mass is 534 g/mol. The van der Waals surface area contributed by atoms with Crippen LogP contribution in [-0.4, -0.2) is 35.5 Å². The van der Waals surface area contributed by atoms with Gasteiger partial charge in [0.2, 0.25) is 0 Å². The topological polar surface area (TPSA) is 67.9 Å². The summed E-state index contributed by atoms with van der Waals surface area (Å²) in [7, 11) is -3.55. The van der Waals surface area contributed by atoms with Gasteiger partial charge in [0.05, 0.1) is 0 Å². The minimum Gasteiger partial charge on any atom is -0.461 e. The first-order valence-electron chi connectivity index (χ1n) is 11.3. The van der Waals surface area contributed by atoms with Crippen molar-refractivity contribution in [1.82, 2.24) is 4.67 Å². The van der Waals surface area contributed by atoms with E-state index in [0.29, 0.717) is 30.9 Å². The van der Waals surface area contributed by atoms with Gasteiger partial charge in [-0.15, -0.1) is 23.2 Å². The van der Waals surface area contributed by atoms with Crippen molar-refractivity contribution < 1.29 is 18.6 Å². The van der Waals surface area contributed by atoms with Gasteiger partial charge < -0.3 is 9.26 Å². The number of rotatable bonds is 14. The summed E-state index contributed by atoms with van der Waals surface area (Å²) in [6, 6.07) is 25.9. The summed E-state index contributed by atoms with van der Waals surface area (Å²) >= 11 is 11.9. The molecule has 0 saturated carbocycles. The van der Waals surface area contributed by atoms with Crippen molar-refractivity contribution >= 4 is 42.5 Å². The van der Waals surface area contributed by atoms with Crippen molar-refractivity contribution in [1.29, 1.82) is 0 Å². The van der Waals surface area contributed by atoms with Gasteiger partial charge in [-0.2, -0.15) is 0 Å². The first-order chi connectivity index (χ1) is 17.0. The van der Waals surface area contributed by atoms with Gasteiger partial charge in [0.15, 0.2) is 0 Å². The summed E-state index contributed by atoms with van der Waals surface area (Å²) in [4.78, 5) is 12.1. The number of hydrogen-bond acceptors (Lipinski definition) is 4. The fourth-order valence-corrected chi connectivity index (χ4v) is 5.87. The van der Waals surface area contributed by atoms with E-state index in [1.54, 1.807) is 16.8 Å². The van der Waals surface area contributed by atoms with Crippen LogP contribution in [0.15, 0.2) is 84.9 Å². The SMILES string of the molecule is O=C(CCc1ccc(NP(=O)(Oc2ccccc2)N(CCCl)CCCl)cc1)OCc1ccccc1. The molecular formula is C26H29Cl2N2O4P. The normalized spacial score (nSPS) is 12.7. The zero-order valence-electron chi connectivity index (χ0n) is 19.3. The van der Waals surface area contributed by atoms with E-state index in [4.69, 9.17) is 32.5 Å². The Morgan fingerprint density at radius 3 is 2.03 bits per heavy atom. The molecule has 1 unspecified atom stereocenters. The second-order valence-corrected chi connectivity index (χ2v) is 10.5. The standard InChI is InChI=1S/C26H29Cl2N2O4P/c27-17-19-30(20-18-28)35(32,34-25-9-5-2-6-10-25)29-24-14-11-22(12-15-24)13-16-26(31)33-21-23-7-3-1-4-8-23/h1-12,14-15H,13,16-21H2,(H,29,32). The first kappa shape index (κ1) is 27.1. The largest absolute Gasteiger partial charge is 0.461 e. The number of anilines is 1. The van der Waals surface area contributed by atoms with Crippen LogP contribution in [0, 0.1) is 0 Å². The number of carbonyl (C=O) groups is 1. The van der Waals surface area contributed by atoms with Gasteiger partial charge in [-0.3, -0.25) is 9.88 Å². The minimum absolute atomic E-state index is 0.255. The molecule has 0 aliphatic carbocycles. The molecule has 0 amide bonds. The lowest BCUT2D eigenvalue weighted by molar-refractivity contribution is -0.144. The summed E-state index contributed by atoms with van der Waals surface area (Å²) in [6.07, 6.45) is 0.811. The number of alkyl halides is 2. The third-order valence-electron chi connectivity index (χ3n) is 5.11. The van der Waals surface area contributed by atoms with Crippen molar-refractivity contribution in [3.05, 3.63) is 96.1 Å².